The summed E-state index contributed by atoms with van der Waals surface area (Å²) >= 11 is 0. The minimum Gasteiger partial charge on any atom is -0.488 e. The molecule has 0 saturated carbocycles. The molecular weight excluding hydrogens is 396 g/mol. The third-order valence-electron chi connectivity index (χ3n) is 3.84. The van der Waals surface area contributed by atoms with Gasteiger partial charge in [-0.2, -0.15) is 8.42 Å². The summed E-state index contributed by atoms with van der Waals surface area (Å²) in [5.74, 6) is 0.363. The molecule has 0 amide bonds. The molecule has 0 fully saturated rings. The van der Waals surface area contributed by atoms with Crippen molar-refractivity contribution in [1.29, 1.82) is 0 Å². The van der Waals surface area contributed by atoms with Gasteiger partial charge in [-0.25, -0.2) is 0 Å². The van der Waals surface area contributed by atoms with E-state index in [2.05, 4.69) is 0 Å². The van der Waals surface area contributed by atoms with Gasteiger partial charge in [0.05, 0.1) is 4.90 Å². The second-order valence-electron chi connectivity index (χ2n) is 5.92. The smallest absolute Gasteiger partial charge is 0.294 e. The topological polar surface area (TPSA) is 99.1 Å². The van der Waals surface area contributed by atoms with Gasteiger partial charge in [-0.1, -0.05) is 18.2 Å². The van der Waals surface area contributed by atoms with Gasteiger partial charge in [0.1, 0.15) is 12.4 Å². The number of carbonyl (C=O) groups is 1. The number of ketones is 1. The van der Waals surface area contributed by atoms with Crippen molar-refractivity contribution < 1.29 is 32.0 Å². The summed E-state index contributed by atoms with van der Waals surface area (Å²) in [6.07, 6.45) is 2.61. The van der Waals surface area contributed by atoms with E-state index in [-0.39, 0.29) is 17.3 Å². The maximum atomic E-state index is 12.2. The van der Waals surface area contributed by atoms with Crippen LogP contribution >= 0.6 is 0 Å². The van der Waals surface area contributed by atoms with E-state index in [4.69, 9.17) is 18.8 Å². The zero-order valence-electron chi connectivity index (χ0n) is 16.3. The number of hydrogen-bond acceptors (Lipinski definition) is 6. The zero-order chi connectivity index (χ0) is 21.3. The fourth-order valence-corrected chi connectivity index (χ4v) is 2.89. The van der Waals surface area contributed by atoms with Crippen LogP contribution < -0.4 is 4.74 Å². The van der Waals surface area contributed by atoms with Crippen LogP contribution in [0.15, 0.2) is 59.5 Å². The number of ether oxygens (including phenoxy) is 3. The highest BCUT2D eigenvalue weighted by molar-refractivity contribution is 7.85. The molecule has 0 heterocycles. The van der Waals surface area contributed by atoms with Crippen LogP contribution in [-0.2, 0) is 19.6 Å². The Hall–Kier alpha value is -2.52. The van der Waals surface area contributed by atoms with E-state index in [0.29, 0.717) is 24.5 Å². The molecule has 1 N–H and O–H groups in total. The van der Waals surface area contributed by atoms with Crippen molar-refractivity contribution in [2.75, 3.05) is 19.8 Å². The fourth-order valence-electron chi connectivity index (χ4n) is 2.41. The molecule has 0 radical (unpaired) electrons. The van der Waals surface area contributed by atoms with E-state index in [1.165, 1.54) is 30.3 Å². The summed E-state index contributed by atoms with van der Waals surface area (Å²) in [6, 6.07) is 12.2. The zero-order valence-corrected chi connectivity index (χ0v) is 17.1. The number of carbonyl (C=O) groups excluding carboxylic acids is 1. The Morgan fingerprint density at radius 2 is 1.59 bits per heavy atom. The molecule has 0 atom stereocenters. The van der Waals surface area contributed by atoms with Gasteiger partial charge >= 0.3 is 0 Å². The van der Waals surface area contributed by atoms with Crippen LogP contribution in [0.1, 0.15) is 29.8 Å². The number of rotatable bonds is 11. The van der Waals surface area contributed by atoms with Crippen molar-refractivity contribution in [3.05, 3.63) is 65.7 Å². The Labute approximate surface area is 170 Å². The maximum absolute atomic E-state index is 12.2. The number of allylic oxidation sites excluding steroid dienone is 1. The van der Waals surface area contributed by atoms with Gasteiger partial charge in [0.2, 0.25) is 0 Å². The average Bonchev–Trinajstić information content (AvgIpc) is 2.71. The first-order chi connectivity index (χ1) is 13.8. The van der Waals surface area contributed by atoms with Crippen LogP contribution in [0.3, 0.4) is 0 Å². The Morgan fingerprint density at radius 3 is 2.10 bits per heavy atom. The van der Waals surface area contributed by atoms with Crippen molar-refractivity contribution in [2.24, 2.45) is 0 Å². The third kappa shape index (κ3) is 7.43. The quantitative estimate of drug-likeness (QED) is 0.257. The molecule has 0 saturated heterocycles. The Kier molecular flexibility index (Phi) is 8.53. The first-order valence-corrected chi connectivity index (χ1v) is 10.5. The molecule has 156 valence electrons. The molecule has 0 spiro atoms. The average molecular weight is 420 g/mol. The third-order valence-corrected chi connectivity index (χ3v) is 4.70. The van der Waals surface area contributed by atoms with Gasteiger partial charge in [-0.15, -0.1) is 0 Å². The van der Waals surface area contributed by atoms with Gasteiger partial charge in [0.25, 0.3) is 10.1 Å². The summed E-state index contributed by atoms with van der Waals surface area (Å²) < 4.78 is 47.5. The van der Waals surface area contributed by atoms with Crippen molar-refractivity contribution in [3.63, 3.8) is 0 Å². The summed E-state index contributed by atoms with van der Waals surface area (Å²) in [6.45, 7) is 5.11. The van der Waals surface area contributed by atoms with Crippen LogP contribution in [0.4, 0.5) is 0 Å². The first kappa shape index (κ1) is 22.8. The molecule has 0 aliphatic carbocycles. The van der Waals surface area contributed by atoms with E-state index in [9.17, 15) is 13.2 Å². The highest BCUT2D eigenvalue weighted by atomic mass is 32.2. The molecule has 2 aromatic carbocycles. The molecule has 2 rings (SSSR count). The molecule has 8 heteroatoms. The van der Waals surface area contributed by atoms with Gasteiger partial charge < -0.3 is 14.2 Å². The van der Waals surface area contributed by atoms with Gasteiger partial charge in [0.15, 0.2) is 12.1 Å². The molecule has 0 aliphatic heterocycles. The van der Waals surface area contributed by atoms with Crippen LogP contribution in [0, 0.1) is 0 Å². The lowest BCUT2D eigenvalue weighted by Gasteiger charge is -2.17. The molecule has 0 bridgehead atoms. The maximum Gasteiger partial charge on any atom is 0.294 e. The van der Waals surface area contributed by atoms with Crippen molar-refractivity contribution >= 4 is 22.0 Å². The van der Waals surface area contributed by atoms with E-state index >= 15 is 0 Å². The monoisotopic (exact) mass is 420 g/mol. The number of hydrogen-bond donors (Lipinski definition) is 1. The molecule has 29 heavy (non-hydrogen) atoms. The van der Waals surface area contributed by atoms with Crippen LogP contribution in [0.25, 0.3) is 6.08 Å². The molecular formula is C21H24O7S. The van der Waals surface area contributed by atoms with Crippen LogP contribution in [-0.4, -0.2) is 44.9 Å². The van der Waals surface area contributed by atoms with Gasteiger partial charge in [-0.3, -0.25) is 9.35 Å². The summed E-state index contributed by atoms with van der Waals surface area (Å²) in [5.41, 5.74) is 1.11. The first-order valence-electron chi connectivity index (χ1n) is 9.09. The SMILES string of the molecule is CCOC(COc1ccc(C=CC(=O)c2ccc(S(=O)(=O)O)cc2)cc1)OCC. The summed E-state index contributed by atoms with van der Waals surface area (Å²) in [7, 11) is -4.28. The lowest BCUT2D eigenvalue weighted by atomic mass is 10.1. The van der Waals surface area contributed by atoms with Crippen LogP contribution in [0.2, 0.25) is 0 Å². The van der Waals surface area contributed by atoms with Crippen molar-refractivity contribution in [2.45, 2.75) is 25.0 Å². The minimum absolute atomic E-state index is 0.260. The lowest BCUT2D eigenvalue weighted by Crippen LogP contribution is -2.25. The van der Waals surface area contributed by atoms with Crippen molar-refractivity contribution in [3.8, 4) is 5.75 Å². The number of benzene rings is 2. The predicted molar refractivity (Wildman–Crippen MR) is 109 cm³/mol. The fraction of sp³-hybridized carbons (Fsp3) is 0.286. The molecule has 7 nitrogen and oxygen atoms in total. The minimum atomic E-state index is -4.28. The predicted octanol–water partition coefficient (Wildman–Crippen LogP) is 3.61. The van der Waals surface area contributed by atoms with Gasteiger partial charge in [-0.05, 0) is 61.9 Å². The largest absolute Gasteiger partial charge is 0.488 e. The standard InChI is InChI=1S/C21H24O7S/c1-3-26-21(27-4-2)15-28-18-10-5-16(6-11-18)7-14-20(22)17-8-12-19(13-9-17)29(23,24)25/h5-14,21H,3-4,15H2,1-2H3,(H,23,24,25). The van der Waals surface area contributed by atoms with Crippen molar-refractivity contribution in [1.82, 2.24) is 0 Å². The Bertz CT molecular complexity index is 911. The summed E-state index contributed by atoms with van der Waals surface area (Å²) in [5, 5.41) is 0. The van der Waals surface area contributed by atoms with E-state index in [0.717, 1.165) is 5.56 Å². The second-order valence-corrected chi connectivity index (χ2v) is 7.34. The van der Waals surface area contributed by atoms with E-state index < -0.39 is 16.4 Å². The highest BCUT2D eigenvalue weighted by Gasteiger charge is 2.10. The molecule has 2 aromatic rings. The van der Waals surface area contributed by atoms with E-state index in [1.807, 2.05) is 13.8 Å². The molecule has 0 aromatic heterocycles. The normalized spacial score (nSPS) is 11.9. The van der Waals surface area contributed by atoms with Gasteiger partial charge in [0, 0.05) is 18.8 Å². The second kappa shape index (κ2) is 10.9. The Balaban J connectivity index is 1.94. The lowest BCUT2D eigenvalue weighted by molar-refractivity contribution is -0.152. The molecule has 0 aliphatic rings. The summed E-state index contributed by atoms with van der Waals surface area (Å²) in [4.78, 5) is 11.9. The highest BCUT2D eigenvalue weighted by Crippen LogP contribution is 2.15. The van der Waals surface area contributed by atoms with E-state index in [1.54, 1.807) is 30.3 Å². The Morgan fingerprint density at radius 1 is 1.00 bits per heavy atom. The molecule has 0 unspecified atom stereocenters. The van der Waals surface area contributed by atoms with Crippen LogP contribution in [0.5, 0.6) is 5.75 Å².